The quantitative estimate of drug-likeness (QED) is 0.566. The van der Waals surface area contributed by atoms with Crippen LogP contribution < -0.4 is 11.5 Å². The fraction of sp³-hybridized carbons (Fsp3) is 0.300. The summed E-state index contributed by atoms with van der Waals surface area (Å²) >= 11 is 0. The maximum atomic E-state index is 11.9. The minimum absolute atomic E-state index is 0.412. The summed E-state index contributed by atoms with van der Waals surface area (Å²) in [6.45, 7) is 0. The number of carbonyl (C=O) groups is 2. The number of hydrogen-bond donors (Lipinski definition) is 2. The predicted molar refractivity (Wildman–Crippen MR) is 96.6 cm³/mol. The third-order valence-corrected chi connectivity index (χ3v) is 3.98. The highest BCUT2D eigenvalue weighted by Crippen LogP contribution is 2.07. The van der Waals surface area contributed by atoms with Crippen LogP contribution in [0.3, 0.4) is 0 Å². The molecule has 2 aromatic rings. The van der Waals surface area contributed by atoms with Crippen LogP contribution in [-0.4, -0.2) is 24.0 Å². The lowest BCUT2D eigenvalue weighted by atomic mass is 10.1. The standard InChI is InChI=1S/C20H24N2O3/c21-17(13-11-15-7-3-1-4-8-15)19(23)25-20(24)18(22)14-12-16-9-5-2-6-10-16/h1-10,17-18H,11-14,21-22H2/t17-,18?/m1/s1. The van der Waals surface area contributed by atoms with Gasteiger partial charge in [-0.1, -0.05) is 60.7 Å². The van der Waals surface area contributed by atoms with Crippen molar-refractivity contribution in [1.29, 1.82) is 0 Å². The highest BCUT2D eigenvalue weighted by atomic mass is 16.6. The van der Waals surface area contributed by atoms with E-state index in [-0.39, 0.29) is 0 Å². The molecule has 0 fully saturated rings. The van der Waals surface area contributed by atoms with Gasteiger partial charge in [-0.2, -0.15) is 0 Å². The molecular formula is C20H24N2O3. The van der Waals surface area contributed by atoms with Gasteiger partial charge in [0.15, 0.2) is 0 Å². The zero-order valence-electron chi connectivity index (χ0n) is 14.1. The fourth-order valence-corrected chi connectivity index (χ4v) is 2.42. The van der Waals surface area contributed by atoms with Crippen molar-refractivity contribution in [1.82, 2.24) is 0 Å². The van der Waals surface area contributed by atoms with Crippen molar-refractivity contribution in [2.75, 3.05) is 0 Å². The zero-order valence-corrected chi connectivity index (χ0v) is 14.1. The molecule has 132 valence electrons. The van der Waals surface area contributed by atoms with Crippen molar-refractivity contribution in [3.8, 4) is 0 Å². The van der Waals surface area contributed by atoms with Crippen molar-refractivity contribution in [3.63, 3.8) is 0 Å². The Balaban J connectivity index is 1.73. The number of esters is 2. The molecule has 2 atom stereocenters. The lowest BCUT2D eigenvalue weighted by Gasteiger charge is -2.13. The first kappa shape index (κ1) is 18.8. The van der Waals surface area contributed by atoms with Gasteiger partial charge in [-0.15, -0.1) is 0 Å². The number of hydrogen-bond acceptors (Lipinski definition) is 5. The number of nitrogens with two attached hydrogens (primary N) is 2. The minimum atomic E-state index is -0.842. The molecule has 0 radical (unpaired) electrons. The van der Waals surface area contributed by atoms with Crippen molar-refractivity contribution in [3.05, 3.63) is 71.8 Å². The van der Waals surface area contributed by atoms with Crippen LogP contribution in [0.4, 0.5) is 0 Å². The Morgan fingerprint density at radius 1 is 0.720 bits per heavy atom. The molecule has 0 saturated carbocycles. The number of ether oxygens (including phenoxy) is 1. The topological polar surface area (TPSA) is 95.4 Å². The molecule has 2 rings (SSSR count). The van der Waals surface area contributed by atoms with E-state index < -0.39 is 24.0 Å². The first-order valence-corrected chi connectivity index (χ1v) is 8.41. The Kier molecular flexibility index (Phi) is 7.32. The zero-order chi connectivity index (χ0) is 18.1. The summed E-state index contributed by atoms with van der Waals surface area (Å²) in [7, 11) is 0. The largest absolute Gasteiger partial charge is 0.391 e. The highest BCUT2D eigenvalue weighted by molar-refractivity contribution is 5.90. The van der Waals surface area contributed by atoms with Gasteiger partial charge in [-0.25, -0.2) is 9.59 Å². The van der Waals surface area contributed by atoms with Gasteiger partial charge in [0.25, 0.3) is 0 Å². The van der Waals surface area contributed by atoms with Gasteiger partial charge in [0, 0.05) is 0 Å². The van der Waals surface area contributed by atoms with Gasteiger partial charge >= 0.3 is 11.9 Å². The molecular weight excluding hydrogens is 316 g/mol. The second-order valence-corrected chi connectivity index (χ2v) is 6.00. The summed E-state index contributed by atoms with van der Waals surface area (Å²) in [6, 6.07) is 17.7. The van der Waals surface area contributed by atoms with Crippen LogP contribution in [0.2, 0.25) is 0 Å². The van der Waals surface area contributed by atoms with Crippen LogP contribution in [0.1, 0.15) is 24.0 Å². The number of benzene rings is 2. The number of rotatable bonds is 8. The SMILES string of the molecule is NC(CCc1ccccc1)C(=O)OC(=O)[C@H](N)CCc1ccccc1. The molecule has 0 bridgehead atoms. The molecule has 5 heteroatoms. The summed E-state index contributed by atoms with van der Waals surface area (Å²) in [5.41, 5.74) is 13.8. The molecule has 0 heterocycles. The van der Waals surface area contributed by atoms with Crippen LogP contribution in [-0.2, 0) is 27.2 Å². The molecule has 0 spiro atoms. The monoisotopic (exact) mass is 340 g/mol. The van der Waals surface area contributed by atoms with Gasteiger partial charge in [0.05, 0.1) is 0 Å². The third-order valence-electron chi connectivity index (χ3n) is 3.98. The van der Waals surface area contributed by atoms with E-state index in [9.17, 15) is 9.59 Å². The van der Waals surface area contributed by atoms with E-state index in [4.69, 9.17) is 16.2 Å². The van der Waals surface area contributed by atoms with E-state index >= 15 is 0 Å². The van der Waals surface area contributed by atoms with E-state index in [2.05, 4.69) is 0 Å². The second-order valence-electron chi connectivity index (χ2n) is 6.00. The summed E-state index contributed by atoms with van der Waals surface area (Å²) in [4.78, 5) is 23.9. The molecule has 0 amide bonds. The smallest absolute Gasteiger partial charge is 0.330 e. The molecule has 5 nitrogen and oxygen atoms in total. The number of carbonyl (C=O) groups excluding carboxylic acids is 2. The lowest BCUT2D eigenvalue weighted by molar-refractivity contribution is -0.161. The van der Waals surface area contributed by atoms with Gasteiger partial charge < -0.3 is 16.2 Å². The molecule has 0 aliphatic carbocycles. The normalized spacial score (nSPS) is 13.0. The molecule has 4 N–H and O–H groups in total. The van der Waals surface area contributed by atoms with Crippen LogP contribution in [0.25, 0.3) is 0 Å². The molecule has 25 heavy (non-hydrogen) atoms. The molecule has 2 aromatic carbocycles. The average molecular weight is 340 g/mol. The Labute approximate surface area is 148 Å². The number of aryl methyl sites for hydroxylation is 2. The Morgan fingerprint density at radius 2 is 1.08 bits per heavy atom. The van der Waals surface area contributed by atoms with Crippen molar-refractivity contribution in [2.45, 2.75) is 37.8 Å². The van der Waals surface area contributed by atoms with Crippen molar-refractivity contribution >= 4 is 11.9 Å². The van der Waals surface area contributed by atoms with Crippen LogP contribution in [0, 0.1) is 0 Å². The summed E-state index contributed by atoms with van der Waals surface area (Å²) in [6.07, 6.45) is 2.11. The van der Waals surface area contributed by atoms with Gasteiger partial charge in [-0.05, 0) is 36.8 Å². The molecule has 0 saturated heterocycles. The third kappa shape index (κ3) is 6.49. The molecule has 0 aromatic heterocycles. The predicted octanol–water partition coefficient (Wildman–Crippen LogP) is 1.98. The van der Waals surface area contributed by atoms with E-state index in [1.54, 1.807) is 0 Å². The maximum absolute atomic E-state index is 11.9. The fourth-order valence-electron chi connectivity index (χ4n) is 2.42. The van der Waals surface area contributed by atoms with Crippen LogP contribution in [0.5, 0.6) is 0 Å². The van der Waals surface area contributed by atoms with Gasteiger partial charge in [-0.3, -0.25) is 0 Å². The Hall–Kier alpha value is -2.50. The highest BCUT2D eigenvalue weighted by Gasteiger charge is 2.23. The lowest BCUT2D eigenvalue weighted by Crippen LogP contribution is -2.40. The van der Waals surface area contributed by atoms with E-state index in [0.29, 0.717) is 25.7 Å². The van der Waals surface area contributed by atoms with Crippen LogP contribution >= 0.6 is 0 Å². The van der Waals surface area contributed by atoms with Crippen LogP contribution in [0.15, 0.2) is 60.7 Å². The first-order chi connectivity index (χ1) is 12.1. The molecule has 0 aliphatic heterocycles. The van der Waals surface area contributed by atoms with Gasteiger partial charge in [0.1, 0.15) is 12.1 Å². The summed E-state index contributed by atoms with van der Waals surface area (Å²) < 4.78 is 4.82. The summed E-state index contributed by atoms with van der Waals surface area (Å²) in [5.74, 6) is -1.45. The molecule has 0 aliphatic rings. The first-order valence-electron chi connectivity index (χ1n) is 8.41. The van der Waals surface area contributed by atoms with Gasteiger partial charge in [0.2, 0.25) is 0 Å². The second kappa shape index (κ2) is 9.71. The van der Waals surface area contributed by atoms with E-state index in [1.165, 1.54) is 0 Å². The Morgan fingerprint density at radius 3 is 1.44 bits per heavy atom. The van der Waals surface area contributed by atoms with E-state index in [1.807, 2.05) is 60.7 Å². The van der Waals surface area contributed by atoms with E-state index in [0.717, 1.165) is 11.1 Å². The average Bonchev–Trinajstić information content (AvgIpc) is 2.65. The minimum Gasteiger partial charge on any atom is -0.391 e. The Bertz CT molecular complexity index is 614. The molecule has 1 unspecified atom stereocenters. The summed E-state index contributed by atoms with van der Waals surface area (Å²) in [5, 5.41) is 0. The van der Waals surface area contributed by atoms with Crippen molar-refractivity contribution in [2.24, 2.45) is 11.5 Å². The maximum Gasteiger partial charge on any atom is 0.330 e. The van der Waals surface area contributed by atoms with Crippen molar-refractivity contribution < 1.29 is 14.3 Å².